The first-order chi connectivity index (χ1) is 6.79. The maximum absolute atomic E-state index is 12.3. The van der Waals surface area contributed by atoms with Gasteiger partial charge in [-0.3, -0.25) is 0 Å². The molecular weight excluding hydrogens is 250 g/mol. The molecule has 0 unspecified atom stereocenters. The van der Waals surface area contributed by atoms with Crippen LogP contribution in [0, 0.1) is 0 Å². The van der Waals surface area contributed by atoms with Crippen LogP contribution in [-0.2, 0) is 14.8 Å². The highest BCUT2D eigenvalue weighted by atomic mass is 35.7. The summed E-state index contributed by atoms with van der Waals surface area (Å²) in [5, 5.41) is 9.04. The van der Waals surface area contributed by atoms with Crippen molar-refractivity contribution in [3.63, 3.8) is 0 Å². The van der Waals surface area contributed by atoms with Crippen molar-refractivity contribution >= 4 is 19.7 Å². The molecular formula is C8H7ClF2O3S. The molecule has 0 amide bonds. The second kappa shape index (κ2) is 4.32. The van der Waals surface area contributed by atoms with Gasteiger partial charge in [-0.2, -0.15) is 0 Å². The minimum absolute atomic E-state index is 0.109. The van der Waals surface area contributed by atoms with Crippen molar-refractivity contribution in [1.82, 2.24) is 0 Å². The summed E-state index contributed by atoms with van der Waals surface area (Å²) >= 11 is 0. The quantitative estimate of drug-likeness (QED) is 0.845. The van der Waals surface area contributed by atoms with Crippen LogP contribution in [0.5, 0.6) is 5.75 Å². The SMILES string of the molecule is O=S(=O)(Cl)Cc1ccc(O)c(C(F)F)c1. The van der Waals surface area contributed by atoms with Crippen LogP contribution in [-0.4, -0.2) is 13.5 Å². The summed E-state index contributed by atoms with van der Waals surface area (Å²) in [6.07, 6.45) is -2.86. The largest absolute Gasteiger partial charge is 0.507 e. The van der Waals surface area contributed by atoms with Gasteiger partial charge in [-0.05, 0) is 17.7 Å². The molecule has 0 aliphatic carbocycles. The Hall–Kier alpha value is -0.880. The second-order valence-corrected chi connectivity index (χ2v) is 5.65. The number of rotatable bonds is 3. The molecule has 0 saturated carbocycles. The molecule has 0 atom stereocenters. The van der Waals surface area contributed by atoms with Gasteiger partial charge < -0.3 is 5.11 Å². The van der Waals surface area contributed by atoms with Gasteiger partial charge in [0.2, 0.25) is 9.05 Å². The van der Waals surface area contributed by atoms with Crippen LogP contribution in [0.1, 0.15) is 17.6 Å². The molecule has 3 nitrogen and oxygen atoms in total. The summed E-state index contributed by atoms with van der Waals surface area (Å²) < 4.78 is 46.0. The summed E-state index contributed by atoms with van der Waals surface area (Å²) in [4.78, 5) is 0. The van der Waals surface area contributed by atoms with Crippen LogP contribution in [0.25, 0.3) is 0 Å². The van der Waals surface area contributed by atoms with Crippen LogP contribution >= 0.6 is 10.7 Å². The van der Waals surface area contributed by atoms with Gasteiger partial charge >= 0.3 is 0 Å². The van der Waals surface area contributed by atoms with Crippen molar-refractivity contribution in [3.8, 4) is 5.75 Å². The van der Waals surface area contributed by atoms with Crippen LogP contribution in [0.3, 0.4) is 0 Å². The number of phenolic OH excluding ortho intramolecular Hbond substituents is 1. The van der Waals surface area contributed by atoms with Gasteiger partial charge in [0.1, 0.15) is 5.75 Å². The van der Waals surface area contributed by atoms with E-state index in [2.05, 4.69) is 0 Å². The summed E-state index contributed by atoms with van der Waals surface area (Å²) in [7, 11) is 1.17. The van der Waals surface area contributed by atoms with Crippen LogP contribution in [0.15, 0.2) is 18.2 Å². The van der Waals surface area contributed by atoms with Crippen molar-refractivity contribution in [3.05, 3.63) is 29.3 Å². The molecule has 1 aromatic carbocycles. The second-order valence-electron chi connectivity index (χ2n) is 2.88. The van der Waals surface area contributed by atoms with Crippen molar-refractivity contribution < 1.29 is 22.3 Å². The van der Waals surface area contributed by atoms with E-state index in [4.69, 9.17) is 15.8 Å². The highest BCUT2D eigenvalue weighted by Crippen LogP contribution is 2.29. The van der Waals surface area contributed by atoms with Gasteiger partial charge in [-0.1, -0.05) is 6.07 Å². The average molecular weight is 257 g/mol. The monoisotopic (exact) mass is 256 g/mol. The van der Waals surface area contributed by atoms with Crippen LogP contribution in [0.4, 0.5) is 8.78 Å². The summed E-state index contributed by atoms with van der Waals surface area (Å²) in [6, 6.07) is 3.15. The van der Waals surface area contributed by atoms with E-state index in [1.165, 1.54) is 6.07 Å². The normalized spacial score (nSPS) is 12.0. The summed E-state index contributed by atoms with van der Waals surface area (Å²) in [6.45, 7) is 0. The fraction of sp³-hybridized carbons (Fsp3) is 0.250. The summed E-state index contributed by atoms with van der Waals surface area (Å²) in [5.74, 6) is -1.12. The Bertz CT molecular complexity index is 459. The Labute approximate surface area is 89.7 Å². The third-order valence-electron chi connectivity index (χ3n) is 1.67. The number of benzene rings is 1. The molecule has 0 aliphatic heterocycles. The number of hydrogen-bond acceptors (Lipinski definition) is 3. The fourth-order valence-electron chi connectivity index (χ4n) is 1.07. The van der Waals surface area contributed by atoms with E-state index in [1.807, 2.05) is 0 Å². The number of alkyl halides is 2. The molecule has 1 aromatic rings. The Balaban J connectivity index is 3.08. The summed E-state index contributed by atoms with van der Waals surface area (Å²) in [5.41, 5.74) is -0.495. The van der Waals surface area contributed by atoms with Crippen molar-refractivity contribution in [2.45, 2.75) is 12.2 Å². The van der Waals surface area contributed by atoms with E-state index in [-0.39, 0.29) is 5.56 Å². The van der Waals surface area contributed by atoms with E-state index >= 15 is 0 Å². The predicted molar refractivity (Wildman–Crippen MR) is 51.5 cm³/mol. The molecule has 84 valence electrons. The molecule has 0 saturated heterocycles. The fourth-order valence-corrected chi connectivity index (χ4v) is 2.02. The third-order valence-corrected chi connectivity index (χ3v) is 2.67. The zero-order valence-electron chi connectivity index (χ0n) is 7.32. The van der Waals surface area contributed by atoms with Gasteiger partial charge in [0.05, 0.1) is 11.3 Å². The van der Waals surface area contributed by atoms with E-state index in [1.54, 1.807) is 0 Å². The lowest BCUT2D eigenvalue weighted by atomic mass is 10.1. The minimum atomic E-state index is -3.79. The third kappa shape index (κ3) is 3.64. The van der Waals surface area contributed by atoms with Gasteiger partial charge in [0.25, 0.3) is 6.43 Å². The lowest BCUT2D eigenvalue weighted by Gasteiger charge is -2.05. The number of halogens is 3. The zero-order chi connectivity index (χ0) is 11.6. The molecule has 0 spiro atoms. The molecule has 15 heavy (non-hydrogen) atoms. The Morgan fingerprint density at radius 1 is 1.40 bits per heavy atom. The first-order valence-electron chi connectivity index (χ1n) is 3.82. The molecule has 1 N–H and O–H groups in total. The van der Waals surface area contributed by atoms with Crippen molar-refractivity contribution in [1.29, 1.82) is 0 Å². The predicted octanol–water partition coefficient (Wildman–Crippen LogP) is 2.40. The Morgan fingerprint density at radius 2 is 2.00 bits per heavy atom. The molecule has 0 aromatic heterocycles. The van der Waals surface area contributed by atoms with E-state index in [0.717, 1.165) is 12.1 Å². The van der Waals surface area contributed by atoms with Gasteiger partial charge in [0, 0.05) is 10.7 Å². The Morgan fingerprint density at radius 3 is 2.47 bits per heavy atom. The topological polar surface area (TPSA) is 54.4 Å². The average Bonchev–Trinajstić information content (AvgIpc) is 2.05. The number of hydrogen-bond donors (Lipinski definition) is 1. The van der Waals surface area contributed by atoms with Crippen LogP contribution in [0.2, 0.25) is 0 Å². The van der Waals surface area contributed by atoms with Crippen LogP contribution < -0.4 is 0 Å². The highest BCUT2D eigenvalue weighted by molar-refractivity contribution is 8.13. The van der Waals surface area contributed by atoms with Crippen molar-refractivity contribution in [2.24, 2.45) is 0 Å². The van der Waals surface area contributed by atoms with Gasteiger partial charge in [-0.15, -0.1) is 0 Å². The van der Waals surface area contributed by atoms with E-state index < -0.39 is 32.5 Å². The Kier molecular flexibility index (Phi) is 3.51. The van der Waals surface area contributed by atoms with E-state index in [9.17, 15) is 17.2 Å². The molecule has 0 bridgehead atoms. The maximum Gasteiger partial charge on any atom is 0.267 e. The number of aromatic hydroxyl groups is 1. The van der Waals surface area contributed by atoms with Crippen molar-refractivity contribution in [2.75, 3.05) is 0 Å². The maximum atomic E-state index is 12.3. The molecule has 1 rings (SSSR count). The highest BCUT2D eigenvalue weighted by Gasteiger charge is 2.15. The standard InChI is InChI=1S/C8H7ClF2O3S/c9-15(13,14)4-5-1-2-7(12)6(3-5)8(10)11/h1-3,8,12H,4H2. The van der Waals surface area contributed by atoms with Gasteiger partial charge in [0.15, 0.2) is 0 Å². The van der Waals surface area contributed by atoms with E-state index in [0.29, 0.717) is 0 Å². The molecule has 0 radical (unpaired) electrons. The first kappa shape index (κ1) is 12.2. The molecule has 0 aliphatic rings. The molecule has 7 heteroatoms. The lowest BCUT2D eigenvalue weighted by Crippen LogP contribution is -1.96. The first-order valence-corrected chi connectivity index (χ1v) is 6.30. The molecule has 0 fully saturated rings. The van der Waals surface area contributed by atoms with Gasteiger partial charge in [-0.25, -0.2) is 17.2 Å². The minimum Gasteiger partial charge on any atom is -0.507 e. The molecule has 0 heterocycles. The zero-order valence-corrected chi connectivity index (χ0v) is 8.89. The smallest absolute Gasteiger partial charge is 0.267 e. The number of phenols is 1. The lowest BCUT2D eigenvalue weighted by molar-refractivity contribution is 0.147.